The number of rotatable bonds is 8. The fraction of sp³-hybridized carbons (Fsp3) is 0.400. The van der Waals surface area contributed by atoms with E-state index in [4.69, 9.17) is 9.47 Å². The van der Waals surface area contributed by atoms with Crippen LogP contribution >= 0.6 is 0 Å². The molecule has 0 bridgehead atoms. The molecule has 0 unspecified atom stereocenters. The molecule has 0 radical (unpaired) electrons. The van der Waals surface area contributed by atoms with Gasteiger partial charge in [0.05, 0.1) is 0 Å². The number of amides is 2. The van der Waals surface area contributed by atoms with Gasteiger partial charge in [0.15, 0.2) is 6.04 Å². The molecule has 2 rings (SSSR count). The summed E-state index contributed by atoms with van der Waals surface area (Å²) in [5.41, 5.74) is 0.706. The Balaban J connectivity index is 2.10. The molecule has 7 heteroatoms. The van der Waals surface area contributed by atoms with Crippen molar-refractivity contribution >= 4 is 18.0 Å². The number of benzene rings is 2. The molecule has 0 saturated heterocycles. The fourth-order valence-electron chi connectivity index (χ4n) is 2.94. The van der Waals surface area contributed by atoms with E-state index in [1.54, 1.807) is 58.9 Å². The smallest absolute Gasteiger partial charge is 0.408 e. The van der Waals surface area contributed by atoms with Crippen LogP contribution in [0.2, 0.25) is 0 Å². The van der Waals surface area contributed by atoms with Crippen molar-refractivity contribution in [2.24, 2.45) is 5.92 Å². The van der Waals surface area contributed by atoms with Crippen LogP contribution in [-0.4, -0.2) is 29.6 Å². The molecule has 0 spiro atoms. The van der Waals surface area contributed by atoms with E-state index in [9.17, 15) is 14.4 Å². The van der Waals surface area contributed by atoms with E-state index in [0.717, 1.165) is 5.56 Å². The highest BCUT2D eigenvalue weighted by molar-refractivity contribution is 5.90. The predicted octanol–water partition coefficient (Wildman–Crippen LogP) is 4.14. The summed E-state index contributed by atoms with van der Waals surface area (Å²) in [5.74, 6) is -1.32. The number of nitrogens with one attached hydrogen (secondary N) is 2. The summed E-state index contributed by atoms with van der Waals surface area (Å²) in [4.78, 5) is 38.2. The van der Waals surface area contributed by atoms with Crippen molar-refractivity contribution in [3.05, 3.63) is 71.8 Å². The van der Waals surface area contributed by atoms with Crippen molar-refractivity contribution in [3.8, 4) is 0 Å². The van der Waals surface area contributed by atoms with E-state index in [1.807, 2.05) is 36.4 Å². The zero-order valence-corrected chi connectivity index (χ0v) is 19.3. The van der Waals surface area contributed by atoms with Crippen LogP contribution in [0.4, 0.5) is 4.79 Å². The van der Waals surface area contributed by atoms with Gasteiger partial charge < -0.3 is 20.1 Å². The van der Waals surface area contributed by atoms with Gasteiger partial charge in [0.25, 0.3) is 0 Å². The maximum absolute atomic E-state index is 13.1. The van der Waals surface area contributed by atoms with Gasteiger partial charge in [-0.3, -0.25) is 4.79 Å². The lowest BCUT2D eigenvalue weighted by molar-refractivity contribution is -0.159. The number of hydrogen-bond donors (Lipinski definition) is 2. The van der Waals surface area contributed by atoms with Gasteiger partial charge in [-0.25, -0.2) is 9.59 Å². The summed E-state index contributed by atoms with van der Waals surface area (Å²) < 4.78 is 10.7. The number of alkyl carbamates (subject to hydrolysis) is 1. The molecule has 2 atom stereocenters. The zero-order valence-electron chi connectivity index (χ0n) is 19.3. The van der Waals surface area contributed by atoms with E-state index in [2.05, 4.69) is 10.6 Å². The lowest BCUT2D eigenvalue weighted by Crippen LogP contribution is -2.52. The second-order valence-electron chi connectivity index (χ2n) is 8.81. The Morgan fingerprint density at radius 2 is 1.44 bits per heavy atom. The molecular weight excluding hydrogens is 408 g/mol. The molecule has 172 valence electrons. The van der Waals surface area contributed by atoms with Gasteiger partial charge in [-0.2, -0.15) is 0 Å². The molecular formula is C25H32N2O5. The minimum Gasteiger partial charge on any atom is -0.458 e. The topological polar surface area (TPSA) is 93.7 Å². The van der Waals surface area contributed by atoms with Crippen molar-refractivity contribution in [2.75, 3.05) is 0 Å². The van der Waals surface area contributed by atoms with Crippen LogP contribution in [0.1, 0.15) is 51.8 Å². The molecule has 0 aliphatic carbocycles. The number of carbonyl (C=O) groups excluding carboxylic acids is 3. The van der Waals surface area contributed by atoms with Crippen LogP contribution < -0.4 is 10.6 Å². The highest BCUT2D eigenvalue weighted by atomic mass is 16.6. The van der Waals surface area contributed by atoms with Crippen LogP contribution in [0.25, 0.3) is 0 Å². The summed E-state index contributed by atoms with van der Waals surface area (Å²) >= 11 is 0. The second-order valence-corrected chi connectivity index (χ2v) is 8.81. The molecule has 0 aromatic heterocycles. The van der Waals surface area contributed by atoms with Crippen LogP contribution in [-0.2, 0) is 25.7 Å². The molecule has 0 fully saturated rings. The summed E-state index contributed by atoms with van der Waals surface area (Å²) in [6.07, 6.45) is -0.712. The van der Waals surface area contributed by atoms with E-state index >= 15 is 0 Å². The first kappa shape index (κ1) is 24.9. The Kier molecular flexibility index (Phi) is 8.81. The van der Waals surface area contributed by atoms with E-state index < -0.39 is 35.7 Å². The van der Waals surface area contributed by atoms with Gasteiger partial charge in [-0.15, -0.1) is 0 Å². The van der Waals surface area contributed by atoms with E-state index in [0.29, 0.717) is 5.56 Å². The molecule has 2 amide bonds. The fourth-order valence-corrected chi connectivity index (χ4v) is 2.94. The SMILES string of the molecule is CC(C)[C@H](NC(=O)OCc1ccccc1)C(=O)N[C@H](C(=O)OC(C)(C)C)c1ccccc1. The Morgan fingerprint density at radius 3 is 1.97 bits per heavy atom. The molecule has 7 nitrogen and oxygen atoms in total. The molecule has 2 aromatic rings. The molecule has 2 aromatic carbocycles. The van der Waals surface area contributed by atoms with Gasteiger partial charge in [-0.05, 0) is 37.8 Å². The van der Waals surface area contributed by atoms with E-state index in [1.165, 1.54) is 0 Å². The first-order valence-electron chi connectivity index (χ1n) is 10.6. The monoisotopic (exact) mass is 440 g/mol. The first-order chi connectivity index (χ1) is 15.1. The number of hydrogen-bond acceptors (Lipinski definition) is 5. The summed E-state index contributed by atoms with van der Waals surface area (Å²) in [7, 11) is 0. The maximum Gasteiger partial charge on any atom is 0.408 e. The van der Waals surface area contributed by atoms with Crippen LogP contribution in [0.3, 0.4) is 0 Å². The van der Waals surface area contributed by atoms with E-state index in [-0.39, 0.29) is 12.5 Å². The first-order valence-corrected chi connectivity index (χ1v) is 10.6. The second kappa shape index (κ2) is 11.3. The van der Waals surface area contributed by atoms with Crippen molar-refractivity contribution in [1.29, 1.82) is 0 Å². The number of esters is 1. The molecule has 0 heterocycles. The van der Waals surface area contributed by atoms with Crippen LogP contribution in [0.15, 0.2) is 60.7 Å². The summed E-state index contributed by atoms with van der Waals surface area (Å²) in [6, 6.07) is 16.2. The lowest BCUT2D eigenvalue weighted by atomic mass is 10.0. The number of ether oxygens (including phenoxy) is 2. The molecule has 2 N–H and O–H groups in total. The van der Waals surface area contributed by atoms with Gasteiger partial charge in [0.2, 0.25) is 5.91 Å². The number of carbonyl (C=O) groups is 3. The van der Waals surface area contributed by atoms with Gasteiger partial charge in [0.1, 0.15) is 18.2 Å². The lowest BCUT2D eigenvalue weighted by Gasteiger charge is -2.27. The normalized spacial score (nSPS) is 13.1. The minimum absolute atomic E-state index is 0.0870. The van der Waals surface area contributed by atoms with Crippen molar-refractivity contribution < 1.29 is 23.9 Å². The standard InChI is InChI=1S/C25H32N2O5/c1-17(2)20(27-24(30)31-16-18-12-8-6-9-13-18)22(28)26-21(19-14-10-7-11-15-19)23(29)32-25(3,4)5/h6-15,17,20-21H,16H2,1-5H3,(H,26,28)(H,27,30)/t20-,21-/m0/s1. The third-order valence-electron chi connectivity index (χ3n) is 4.50. The average molecular weight is 441 g/mol. The van der Waals surface area contributed by atoms with Crippen molar-refractivity contribution in [2.45, 2.75) is 58.9 Å². The molecule has 32 heavy (non-hydrogen) atoms. The van der Waals surface area contributed by atoms with Gasteiger partial charge >= 0.3 is 12.1 Å². The Hall–Kier alpha value is -3.35. The van der Waals surface area contributed by atoms with Crippen LogP contribution in [0.5, 0.6) is 0 Å². The summed E-state index contributed by atoms with van der Waals surface area (Å²) in [6.45, 7) is 8.96. The highest BCUT2D eigenvalue weighted by Crippen LogP contribution is 2.19. The largest absolute Gasteiger partial charge is 0.458 e. The zero-order chi connectivity index (χ0) is 23.7. The third kappa shape index (κ3) is 8.06. The quantitative estimate of drug-likeness (QED) is 0.602. The Bertz CT molecular complexity index is 892. The third-order valence-corrected chi connectivity index (χ3v) is 4.50. The predicted molar refractivity (Wildman–Crippen MR) is 122 cm³/mol. The average Bonchev–Trinajstić information content (AvgIpc) is 2.74. The van der Waals surface area contributed by atoms with Crippen LogP contribution in [0, 0.1) is 5.92 Å². The van der Waals surface area contributed by atoms with Gasteiger partial charge in [0, 0.05) is 0 Å². The molecule has 0 saturated carbocycles. The molecule has 0 aliphatic heterocycles. The summed E-state index contributed by atoms with van der Waals surface area (Å²) in [5, 5.41) is 5.34. The molecule has 0 aliphatic rings. The Labute approximate surface area is 189 Å². The Morgan fingerprint density at radius 1 is 0.875 bits per heavy atom. The van der Waals surface area contributed by atoms with Crippen molar-refractivity contribution in [1.82, 2.24) is 10.6 Å². The van der Waals surface area contributed by atoms with Crippen molar-refractivity contribution in [3.63, 3.8) is 0 Å². The minimum atomic E-state index is -1.01. The maximum atomic E-state index is 13.1. The highest BCUT2D eigenvalue weighted by Gasteiger charge is 2.32. The van der Waals surface area contributed by atoms with Gasteiger partial charge in [-0.1, -0.05) is 74.5 Å².